The minimum Gasteiger partial charge on any atom is -0.481 e. The molecule has 5 rings (SSSR count). The van der Waals surface area contributed by atoms with Crippen molar-refractivity contribution in [1.82, 2.24) is 20.9 Å². The number of carboxylic acid groups (broad SMARTS) is 1. The van der Waals surface area contributed by atoms with Crippen LogP contribution in [0.3, 0.4) is 0 Å². The van der Waals surface area contributed by atoms with Crippen molar-refractivity contribution in [3.05, 3.63) is 108 Å². The molecule has 0 aliphatic carbocycles. The largest absolute Gasteiger partial charge is 0.481 e. The summed E-state index contributed by atoms with van der Waals surface area (Å²) in [7, 11) is 0. The number of carbonyl (C=O) groups excluding carboxylic acids is 4. The standard InChI is InChI=1S/C35H36N4O8/c1-35(21-47-35)31(42)27(16-22-10-4-2-5-11-22)37-32(43)28(17-24-19-36-26-15-9-8-14-25(24)26)38-33(44)29(18-30(40)41)39-34(45)46-20-23-12-6-3-7-13-23/h2-15,19,27-29,36H,16-18,20-21H2,1H3,(H,37,43)(H,38,44)(H,39,45)(H,40,41). The fourth-order valence-corrected chi connectivity index (χ4v) is 5.24. The number of benzene rings is 3. The van der Waals surface area contributed by atoms with Crippen LogP contribution in [0.2, 0.25) is 0 Å². The molecule has 0 spiro atoms. The molecule has 4 atom stereocenters. The Bertz CT molecular complexity index is 1740. The van der Waals surface area contributed by atoms with Gasteiger partial charge in [-0.05, 0) is 36.1 Å². The second-order valence-electron chi connectivity index (χ2n) is 11.6. The molecule has 244 valence electrons. The van der Waals surface area contributed by atoms with Crippen LogP contribution in [0.4, 0.5) is 4.79 Å². The molecule has 12 heteroatoms. The lowest BCUT2D eigenvalue weighted by Gasteiger charge is -2.25. The van der Waals surface area contributed by atoms with Crippen LogP contribution >= 0.6 is 0 Å². The molecular weight excluding hydrogens is 604 g/mol. The van der Waals surface area contributed by atoms with Crippen LogP contribution in [0, 0.1) is 0 Å². The maximum absolute atomic E-state index is 14.0. The Morgan fingerprint density at radius 3 is 2.06 bits per heavy atom. The van der Waals surface area contributed by atoms with E-state index in [1.165, 1.54) is 0 Å². The van der Waals surface area contributed by atoms with E-state index < -0.39 is 54.0 Å². The number of ketones is 1. The number of fused-ring (bicyclic) bond motifs is 1. The average Bonchev–Trinajstić information content (AvgIpc) is 3.70. The van der Waals surface area contributed by atoms with Crippen LogP contribution in [-0.4, -0.2) is 70.1 Å². The van der Waals surface area contributed by atoms with Gasteiger partial charge in [-0.1, -0.05) is 78.9 Å². The number of rotatable bonds is 15. The molecule has 4 aromatic rings. The first-order valence-corrected chi connectivity index (χ1v) is 15.2. The molecule has 5 N–H and O–H groups in total. The lowest BCUT2D eigenvalue weighted by Crippen LogP contribution is -2.57. The predicted octanol–water partition coefficient (Wildman–Crippen LogP) is 3.05. The molecule has 1 aliphatic heterocycles. The summed E-state index contributed by atoms with van der Waals surface area (Å²) in [5, 5.41) is 18.1. The number of aliphatic carboxylic acids is 1. The van der Waals surface area contributed by atoms with Crippen molar-refractivity contribution in [2.24, 2.45) is 0 Å². The topological polar surface area (TPSA) is 179 Å². The Hall–Kier alpha value is -5.49. The van der Waals surface area contributed by atoms with E-state index in [0.29, 0.717) is 11.1 Å². The first-order chi connectivity index (χ1) is 22.6. The van der Waals surface area contributed by atoms with Gasteiger partial charge in [0.1, 0.15) is 24.3 Å². The molecule has 1 fully saturated rings. The van der Waals surface area contributed by atoms with Crippen molar-refractivity contribution >= 4 is 40.6 Å². The number of alkyl carbamates (subject to hydrolysis) is 1. The number of carbonyl (C=O) groups is 5. The molecule has 1 aliphatic rings. The molecule has 3 amide bonds. The van der Waals surface area contributed by atoms with E-state index in [-0.39, 0.29) is 31.8 Å². The van der Waals surface area contributed by atoms with Gasteiger partial charge in [0.05, 0.1) is 19.1 Å². The third kappa shape index (κ3) is 8.82. The summed E-state index contributed by atoms with van der Waals surface area (Å²) in [5.41, 5.74) is 2.00. The van der Waals surface area contributed by atoms with Gasteiger partial charge in [0.25, 0.3) is 0 Å². The molecule has 1 aromatic heterocycles. The van der Waals surface area contributed by atoms with E-state index >= 15 is 0 Å². The fraction of sp³-hybridized carbons (Fsp3) is 0.286. The molecule has 0 bridgehead atoms. The first kappa shape index (κ1) is 32.9. The van der Waals surface area contributed by atoms with Crippen molar-refractivity contribution in [2.45, 2.75) is 56.5 Å². The van der Waals surface area contributed by atoms with E-state index in [1.807, 2.05) is 54.6 Å². The second-order valence-corrected chi connectivity index (χ2v) is 11.6. The predicted molar refractivity (Wildman–Crippen MR) is 171 cm³/mol. The number of para-hydroxylation sites is 1. The summed E-state index contributed by atoms with van der Waals surface area (Å²) in [4.78, 5) is 68.4. The van der Waals surface area contributed by atoms with E-state index in [4.69, 9.17) is 9.47 Å². The van der Waals surface area contributed by atoms with Gasteiger partial charge >= 0.3 is 12.1 Å². The average molecular weight is 641 g/mol. The summed E-state index contributed by atoms with van der Waals surface area (Å²) in [6.07, 6.45) is 0.142. The lowest BCUT2D eigenvalue weighted by molar-refractivity contribution is -0.140. The van der Waals surface area contributed by atoms with E-state index in [2.05, 4.69) is 20.9 Å². The van der Waals surface area contributed by atoms with Gasteiger partial charge in [-0.2, -0.15) is 0 Å². The van der Waals surface area contributed by atoms with E-state index in [1.54, 1.807) is 43.5 Å². The number of epoxide rings is 1. The summed E-state index contributed by atoms with van der Waals surface area (Å²) in [5.74, 6) is -3.23. The van der Waals surface area contributed by atoms with Gasteiger partial charge in [0.15, 0.2) is 5.78 Å². The Kier molecular flexibility index (Phi) is 10.3. The molecule has 12 nitrogen and oxygen atoms in total. The lowest BCUT2D eigenvalue weighted by atomic mass is 9.94. The van der Waals surface area contributed by atoms with E-state index in [0.717, 1.165) is 16.5 Å². The number of Topliss-reactive ketones (excluding diaryl/α,β-unsaturated/α-hetero) is 1. The van der Waals surface area contributed by atoms with Crippen LogP contribution in [0.25, 0.3) is 10.9 Å². The Morgan fingerprint density at radius 2 is 1.40 bits per heavy atom. The Balaban J connectivity index is 1.36. The molecule has 2 heterocycles. The maximum Gasteiger partial charge on any atom is 0.408 e. The Morgan fingerprint density at radius 1 is 0.809 bits per heavy atom. The van der Waals surface area contributed by atoms with Crippen molar-refractivity contribution in [2.75, 3.05) is 6.61 Å². The number of aromatic nitrogens is 1. The number of hydrogen-bond donors (Lipinski definition) is 5. The molecular formula is C35H36N4O8. The fourth-order valence-electron chi connectivity index (χ4n) is 5.24. The maximum atomic E-state index is 14.0. The van der Waals surface area contributed by atoms with Gasteiger partial charge in [0.2, 0.25) is 11.8 Å². The zero-order valence-electron chi connectivity index (χ0n) is 25.7. The molecule has 0 radical (unpaired) electrons. The van der Waals surface area contributed by atoms with Gasteiger partial charge in [-0.15, -0.1) is 0 Å². The SMILES string of the molecule is CC1(C(=O)C(Cc2ccccc2)NC(=O)C(Cc2c[nH]c3ccccc23)NC(=O)C(CC(=O)O)NC(=O)OCc2ccccc2)CO1. The summed E-state index contributed by atoms with van der Waals surface area (Å²) < 4.78 is 10.6. The van der Waals surface area contributed by atoms with Crippen LogP contribution in [0.1, 0.15) is 30.0 Å². The van der Waals surface area contributed by atoms with Crippen LogP contribution in [-0.2, 0) is 48.1 Å². The zero-order chi connectivity index (χ0) is 33.4. The van der Waals surface area contributed by atoms with Crippen LogP contribution < -0.4 is 16.0 Å². The zero-order valence-corrected chi connectivity index (χ0v) is 25.7. The van der Waals surface area contributed by atoms with Crippen LogP contribution in [0.15, 0.2) is 91.1 Å². The smallest absolute Gasteiger partial charge is 0.408 e. The van der Waals surface area contributed by atoms with E-state index in [9.17, 15) is 29.1 Å². The molecule has 1 saturated heterocycles. The summed E-state index contributed by atoms with van der Waals surface area (Å²) in [6.45, 7) is 1.79. The van der Waals surface area contributed by atoms with Gasteiger partial charge < -0.3 is 35.5 Å². The number of ether oxygens (including phenoxy) is 2. The molecule has 0 saturated carbocycles. The highest BCUT2D eigenvalue weighted by Gasteiger charge is 2.50. The van der Waals surface area contributed by atoms with Crippen molar-refractivity contribution in [3.63, 3.8) is 0 Å². The second kappa shape index (κ2) is 14.7. The van der Waals surface area contributed by atoms with Gasteiger partial charge in [0, 0.05) is 23.5 Å². The highest BCUT2D eigenvalue weighted by Crippen LogP contribution is 2.29. The van der Waals surface area contributed by atoms with Crippen LogP contribution in [0.5, 0.6) is 0 Å². The minimum absolute atomic E-state index is 0.000152. The highest BCUT2D eigenvalue weighted by atomic mass is 16.6. The third-order valence-corrected chi connectivity index (χ3v) is 7.95. The number of hydrogen-bond acceptors (Lipinski definition) is 7. The quantitative estimate of drug-likeness (QED) is 0.123. The van der Waals surface area contributed by atoms with Crippen molar-refractivity contribution in [1.29, 1.82) is 0 Å². The normalized spacial score (nSPS) is 17.1. The number of nitrogens with one attached hydrogen (secondary N) is 4. The summed E-state index contributed by atoms with van der Waals surface area (Å²) >= 11 is 0. The molecule has 3 aromatic carbocycles. The van der Waals surface area contributed by atoms with Gasteiger partial charge in [-0.3, -0.25) is 19.2 Å². The van der Waals surface area contributed by atoms with Crippen molar-refractivity contribution in [3.8, 4) is 0 Å². The third-order valence-electron chi connectivity index (χ3n) is 7.95. The number of carboxylic acids is 1. The highest BCUT2D eigenvalue weighted by molar-refractivity contribution is 5.99. The van der Waals surface area contributed by atoms with Crippen molar-refractivity contribution < 1.29 is 38.6 Å². The number of amides is 3. The Labute approximate surface area is 270 Å². The summed E-state index contributed by atoms with van der Waals surface area (Å²) in [6, 6.07) is 21.7. The first-order valence-electron chi connectivity index (χ1n) is 15.2. The monoisotopic (exact) mass is 640 g/mol. The van der Waals surface area contributed by atoms with Gasteiger partial charge in [-0.25, -0.2) is 4.79 Å². The molecule has 47 heavy (non-hydrogen) atoms. The minimum atomic E-state index is -1.56. The molecule has 4 unspecified atom stereocenters. The number of aromatic amines is 1. The number of H-pyrrole nitrogens is 1.